The van der Waals surface area contributed by atoms with E-state index in [2.05, 4.69) is 104 Å². The molecule has 0 spiro atoms. The summed E-state index contributed by atoms with van der Waals surface area (Å²) in [5, 5.41) is 2.53. The SMILES string of the molecule is Cc1cc(-c2nc(-c3ccccc3)nc(-c3ccccc3)n2)ccc1-n1c2ccccc2c2cc3c(cc21)C(C)(C)c1ccccc1-3. The number of aryl methyl sites for hydroxylation is 1. The molecule has 0 saturated carbocycles. The van der Waals surface area contributed by atoms with Crippen LogP contribution in [0.25, 0.3) is 72.8 Å². The van der Waals surface area contributed by atoms with Crippen molar-refractivity contribution in [2.45, 2.75) is 26.2 Å². The van der Waals surface area contributed by atoms with E-state index in [4.69, 9.17) is 15.0 Å². The van der Waals surface area contributed by atoms with Crippen molar-refractivity contribution in [3.05, 3.63) is 156 Å². The average molecular weight is 605 g/mol. The summed E-state index contributed by atoms with van der Waals surface area (Å²) in [5.74, 6) is 1.99. The summed E-state index contributed by atoms with van der Waals surface area (Å²) in [4.78, 5) is 14.8. The summed E-state index contributed by atoms with van der Waals surface area (Å²) < 4.78 is 2.43. The molecule has 0 aliphatic heterocycles. The summed E-state index contributed by atoms with van der Waals surface area (Å²) in [5.41, 5.74) is 13.0. The van der Waals surface area contributed by atoms with Crippen LogP contribution in [0.15, 0.2) is 140 Å². The molecule has 0 amide bonds. The fraction of sp³-hybridized carbons (Fsp3) is 0.0930. The van der Waals surface area contributed by atoms with Crippen molar-refractivity contribution in [3.8, 4) is 51.0 Å². The van der Waals surface area contributed by atoms with E-state index in [1.54, 1.807) is 0 Å². The average Bonchev–Trinajstić information content (AvgIpc) is 3.56. The first-order valence-electron chi connectivity index (χ1n) is 16.1. The van der Waals surface area contributed by atoms with Crippen LogP contribution in [0.2, 0.25) is 0 Å². The van der Waals surface area contributed by atoms with E-state index in [-0.39, 0.29) is 5.41 Å². The molecule has 0 unspecified atom stereocenters. The van der Waals surface area contributed by atoms with Crippen molar-refractivity contribution in [1.82, 2.24) is 19.5 Å². The zero-order valence-electron chi connectivity index (χ0n) is 26.6. The van der Waals surface area contributed by atoms with Crippen molar-refractivity contribution in [3.63, 3.8) is 0 Å². The molecule has 1 aliphatic carbocycles. The first-order valence-corrected chi connectivity index (χ1v) is 16.1. The van der Waals surface area contributed by atoms with Crippen molar-refractivity contribution in [2.24, 2.45) is 0 Å². The van der Waals surface area contributed by atoms with Gasteiger partial charge in [-0.1, -0.05) is 117 Å². The van der Waals surface area contributed by atoms with Crippen LogP contribution in [0.5, 0.6) is 0 Å². The minimum Gasteiger partial charge on any atom is -0.309 e. The first-order chi connectivity index (χ1) is 23.0. The fourth-order valence-electron chi connectivity index (χ4n) is 7.41. The van der Waals surface area contributed by atoms with Crippen molar-refractivity contribution in [2.75, 3.05) is 0 Å². The number of benzene rings is 6. The van der Waals surface area contributed by atoms with E-state index in [0.717, 1.165) is 27.9 Å². The Bertz CT molecular complexity index is 2430. The molecule has 1 aliphatic rings. The Morgan fingerprint density at radius 3 is 1.74 bits per heavy atom. The van der Waals surface area contributed by atoms with Gasteiger partial charge < -0.3 is 4.57 Å². The van der Waals surface area contributed by atoms with Crippen LogP contribution >= 0.6 is 0 Å². The van der Waals surface area contributed by atoms with Gasteiger partial charge >= 0.3 is 0 Å². The van der Waals surface area contributed by atoms with E-state index < -0.39 is 0 Å². The second kappa shape index (κ2) is 10.3. The first kappa shape index (κ1) is 27.4. The molecule has 4 heteroatoms. The summed E-state index contributed by atoms with van der Waals surface area (Å²) in [6.07, 6.45) is 0. The number of hydrogen-bond acceptors (Lipinski definition) is 3. The van der Waals surface area contributed by atoms with E-state index >= 15 is 0 Å². The summed E-state index contributed by atoms with van der Waals surface area (Å²) in [6.45, 7) is 6.88. The molecule has 0 radical (unpaired) electrons. The molecular weight excluding hydrogens is 573 g/mol. The van der Waals surface area contributed by atoms with Crippen molar-refractivity contribution in [1.29, 1.82) is 0 Å². The molecule has 47 heavy (non-hydrogen) atoms. The molecule has 2 aromatic heterocycles. The number of nitrogens with zero attached hydrogens (tertiary/aromatic N) is 4. The highest BCUT2D eigenvalue weighted by atomic mass is 15.0. The Balaban J connectivity index is 1.23. The highest BCUT2D eigenvalue weighted by Gasteiger charge is 2.36. The largest absolute Gasteiger partial charge is 0.309 e. The van der Waals surface area contributed by atoms with Crippen LogP contribution in [-0.2, 0) is 5.41 Å². The van der Waals surface area contributed by atoms with Gasteiger partial charge in [0.25, 0.3) is 0 Å². The minimum absolute atomic E-state index is 0.0775. The molecule has 8 aromatic rings. The third-order valence-corrected chi connectivity index (χ3v) is 9.77. The molecule has 0 bridgehead atoms. The highest BCUT2D eigenvalue weighted by molar-refractivity contribution is 6.11. The topological polar surface area (TPSA) is 43.6 Å². The molecule has 0 fully saturated rings. The Morgan fingerprint density at radius 1 is 0.468 bits per heavy atom. The van der Waals surface area contributed by atoms with Crippen LogP contribution < -0.4 is 0 Å². The Hall–Kier alpha value is -5.87. The normalized spacial score (nSPS) is 13.2. The molecule has 0 N–H and O–H groups in total. The third kappa shape index (κ3) is 4.25. The Morgan fingerprint density at radius 2 is 1.06 bits per heavy atom. The zero-order chi connectivity index (χ0) is 31.7. The van der Waals surface area contributed by atoms with Gasteiger partial charge in [0.15, 0.2) is 17.5 Å². The summed E-state index contributed by atoms with van der Waals surface area (Å²) in [7, 11) is 0. The van der Waals surface area contributed by atoms with Gasteiger partial charge in [-0.2, -0.15) is 0 Å². The summed E-state index contributed by atoms with van der Waals surface area (Å²) in [6, 6.07) is 49.3. The van der Waals surface area contributed by atoms with Crippen molar-refractivity contribution < 1.29 is 0 Å². The quantitative estimate of drug-likeness (QED) is 0.201. The molecule has 9 rings (SSSR count). The number of fused-ring (bicyclic) bond motifs is 6. The standard InChI is InChI=1S/C43H32N4/c1-27-24-30(42-45-40(28-14-6-4-7-15-28)44-41(46-42)29-16-8-5-9-17-29)22-23-37(27)47-38-21-13-11-19-32(38)34-25-33-31-18-10-12-20-35(31)43(2,3)36(33)26-39(34)47/h4-26H,1-3H3. The number of para-hydroxylation sites is 1. The number of hydrogen-bond donors (Lipinski definition) is 0. The monoisotopic (exact) mass is 604 g/mol. The summed E-state index contributed by atoms with van der Waals surface area (Å²) >= 11 is 0. The van der Waals surface area contributed by atoms with Gasteiger partial charge in [0.1, 0.15) is 0 Å². The van der Waals surface area contributed by atoms with Crippen LogP contribution in [0.4, 0.5) is 0 Å². The van der Waals surface area contributed by atoms with Crippen LogP contribution in [0.3, 0.4) is 0 Å². The molecule has 224 valence electrons. The highest BCUT2D eigenvalue weighted by Crippen LogP contribution is 2.51. The van der Waals surface area contributed by atoms with Gasteiger partial charge in [-0.25, -0.2) is 15.0 Å². The Kier molecular flexibility index (Phi) is 6.03. The van der Waals surface area contributed by atoms with Crippen LogP contribution in [-0.4, -0.2) is 19.5 Å². The molecular formula is C43H32N4. The van der Waals surface area contributed by atoms with Crippen LogP contribution in [0, 0.1) is 6.92 Å². The molecule has 6 aromatic carbocycles. The predicted octanol–water partition coefficient (Wildman–Crippen LogP) is 10.6. The second-order valence-corrected chi connectivity index (χ2v) is 13.0. The maximum atomic E-state index is 4.98. The molecule has 4 nitrogen and oxygen atoms in total. The second-order valence-electron chi connectivity index (χ2n) is 13.0. The molecule has 2 heterocycles. The van der Waals surface area contributed by atoms with Gasteiger partial charge in [-0.05, 0) is 71.1 Å². The van der Waals surface area contributed by atoms with Crippen LogP contribution in [0.1, 0.15) is 30.5 Å². The minimum atomic E-state index is -0.0775. The number of rotatable bonds is 4. The lowest BCUT2D eigenvalue weighted by Crippen LogP contribution is -2.15. The zero-order valence-corrected chi connectivity index (χ0v) is 26.6. The van der Waals surface area contributed by atoms with E-state index in [9.17, 15) is 0 Å². The predicted molar refractivity (Wildman–Crippen MR) is 193 cm³/mol. The van der Waals surface area contributed by atoms with E-state index in [1.807, 2.05) is 60.7 Å². The van der Waals surface area contributed by atoms with Gasteiger partial charge in [-0.15, -0.1) is 0 Å². The molecule has 0 saturated heterocycles. The van der Waals surface area contributed by atoms with Gasteiger partial charge in [-0.3, -0.25) is 0 Å². The number of aromatic nitrogens is 4. The third-order valence-electron chi connectivity index (χ3n) is 9.77. The lowest BCUT2D eigenvalue weighted by atomic mass is 9.82. The Labute approximate surface area is 274 Å². The van der Waals surface area contributed by atoms with E-state index in [1.165, 1.54) is 44.1 Å². The van der Waals surface area contributed by atoms with E-state index in [0.29, 0.717) is 17.5 Å². The van der Waals surface area contributed by atoms with Gasteiger partial charge in [0, 0.05) is 38.6 Å². The lowest BCUT2D eigenvalue weighted by Gasteiger charge is -2.22. The maximum absolute atomic E-state index is 4.98. The maximum Gasteiger partial charge on any atom is 0.164 e. The van der Waals surface area contributed by atoms with Gasteiger partial charge in [0.05, 0.1) is 11.0 Å². The fourth-order valence-corrected chi connectivity index (χ4v) is 7.41. The smallest absolute Gasteiger partial charge is 0.164 e. The lowest BCUT2D eigenvalue weighted by molar-refractivity contribution is 0.661. The van der Waals surface area contributed by atoms with Crippen molar-refractivity contribution >= 4 is 21.8 Å². The molecule has 0 atom stereocenters. The van der Waals surface area contributed by atoms with Gasteiger partial charge in [0.2, 0.25) is 0 Å².